The van der Waals surface area contributed by atoms with Gasteiger partial charge in [0.25, 0.3) is 0 Å². The van der Waals surface area contributed by atoms with Crippen LogP contribution in [0.15, 0.2) is 24.3 Å². The van der Waals surface area contributed by atoms with Gasteiger partial charge in [-0.2, -0.15) is 0 Å². The van der Waals surface area contributed by atoms with Gasteiger partial charge in [-0.3, -0.25) is 0 Å². The monoisotopic (exact) mass is 201 g/mol. The van der Waals surface area contributed by atoms with Crippen molar-refractivity contribution in [2.45, 2.75) is 33.2 Å². The van der Waals surface area contributed by atoms with Crippen LogP contribution < -0.4 is 5.32 Å². The van der Waals surface area contributed by atoms with Gasteiger partial charge in [0, 0.05) is 19.0 Å². The lowest BCUT2D eigenvalue weighted by atomic mass is 10.1. The van der Waals surface area contributed by atoms with E-state index < -0.39 is 0 Å². The van der Waals surface area contributed by atoms with Crippen LogP contribution in [-0.2, 0) is 0 Å². The van der Waals surface area contributed by atoms with E-state index >= 15 is 0 Å². The Morgan fingerprint density at radius 3 is 2.53 bits per heavy atom. The Morgan fingerprint density at radius 2 is 1.93 bits per heavy atom. The SMILES string of the molecule is CC#CCCN[C@H](C)c1ccc(C)cc1. The van der Waals surface area contributed by atoms with Crippen LogP contribution in [0.3, 0.4) is 0 Å². The molecule has 0 spiro atoms. The Bertz CT molecular complexity index is 340. The van der Waals surface area contributed by atoms with Crippen LogP contribution in [0.4, 0.5) is 0 Å². The first-order chi connectivity index (χ1) is 7.24. The van der Waals surface area contributed by atoms with E-state index in [2.05, 4.69) is 55.3 Å². The molecule has 0 aliphatic rings. The molecule has 0 aromatic heterocycles. The fourth-order valence-corrected chi connectivity index (χ4v) is 1.45. The summed E-state index contributed by atoms with van der Waals surface area (Å²) in [5, 5.41) is 3.45. The number of rotatable bonds is 4. The zero-order valence-electron chi connectivity index (χ0n) is 9.80. The van der Waals surface area contributed by atoms with Gasteiger partial charge in [0.15, 0.2) is 0 Å². The van der Waals surface area contributed by atoms with Crippen molar-refractivity contribution in [3.63, 3.8) is 0 Å². The fraction of sp³-hybridized carbons (Fsp3) is 0.429. The predicted molar refractivity (Wildman–Crippen MR) is 65.7 cm³/mol. The van der Waals surface area contributed by atoms with Crippen molar-refractivity contribution in [1.29, 1.82) is 0 Å². The first-order valence-electron chi connectivity index (χ1n) is 5.43. The van der Waals surface area contributed by atoms with Crippen LogP contribution in [0.25, 0.3) is 0 Å². The Morgan fingerprint density at radius 1 is 1.27 bits per heavy atom. The van der Waals surface area contributed by atoms with E-state index in [0.29, 0.717) is 6.04 Å². The second-order valence-electron chi connectivity index (χ2n) is 3.76. The second kappa shape index (κ2) is 6.27. The van der Waals surface area contributed by atoms with Gasteiger partial charge in [0.05, 0.1) is 0 Å². The molecule has 1 atom stereocenters. The van der Waals surface area contributed by atoms with Crippen LogP contribution in [0.5, 0.6) is 0 Å². The highest BCUT2D eigenvalue weighted by Crippen LogP contribution is 2.12. The predicted octanol–water partition coefficient (Wildman–Crippen LogP) is 3.06. The van der Waals surface area contributed by atoms with E-state index in [9.17, 15) is 0 Å². The van der Waals surface area contributed by atoms with E-state index in [4.69, 9.17) is 0 Å². The van der Waals surface area contributed by atoms with Crippen LogP contribution in [0.2, 0.25) is 0 Å². The molecule has 80 valence electrons. The molecular formula is C14H19N. The van der Waals surface area contributed by atoms with Gasteiger partial charge in [-0.25, -0.2) is 0 Å². The average Bonchev–Trinajstić information content (AvgIpc) is 2.25. The van der Waals surface area contributed by atoms with Crippen LogP contribution in [0, 0.1) is 18.8 Å². The number of nitrogens with one attached hydrogen (secondary N) is 1. The summed E-state index contributed by atoms with van der Waals surface area (Å²) in [6.45, 7) is 7.13. The molecular weight excluding hydrogens is 182 g/mol. The minimum Gasteiger partial charge on any atom is -0.309 e. The van der Waals surface area contributed by atoms with E-state index in [1.165, 1.54) is 11.1 Å². The second-order valence-corrected chi connectivity index (χ2v) is 3.76. The summed E-state index contributed by atoms with van der Waals surface area (Å²) in [4.78, 5) is 0. The van der Waals surface area contributed by atoms with Crippen LogP contribution in [0.1, 0.15) is 37.4 Å². The Hall–Kier alpha value is -1.26. The fourth-order valence-electron chi connectivity index (χ4n) is 1.45. The smallest absolute Gasteiger partial charge is 0.0292 e. The van der Waals surface area contributed by atoms with Crippen molar-refractivity contribution in [3.8, 4) is 11.8 Å². The van der Waals surface area contributed by atoms with Crippen molar-refractivity contribution in [3.05, 3.63) is 35.4 Å². The van der Waals surface area contributed by atoms with Gasteiger partial charge >= 0.3 is 0 Å². The summed E-state index contributed by atoms with van der Waals surface area (Å²) < 4.78 is 0. The highest BCUT2D eigenvalue weighted by molar-refractivity contribution is 5.23. The summed E-state index contributed by atoms with van der Waals surface area (Å²) in [7, 11) is 0. The zero-order chi connectivity index (χ0) is 11.1. The Balaban J connectivity index is 2.41. The lowest BCUT2D eigenvalue weighted by molar-refractivity contribution is 0.584. The van der Waals surface area contributed by atoms with Crippen molar-refractivity contribution < 1.29 is 0 Å². The molecule has 1 N–H and O–H groups in total. The molecule has 0 saturated carbocycles. The summed E-state index contributed by atoms with van der Waals surface area (Å²) in [5.74, 6) is 5.95. The third-order valence-corrected chi connectivity index (χ3v) is 2.45. The van der Waals surface area contributed by atoms with E-state index in [-0.39, 0.29) is 0 Å². The van der Waals surface area contributed by atoms with Crippen LogP contribution in [-0.4, -0.2) is 6.54 Å². The molecule has 0 amide bonds. The van der Waals surface area contributed by atoms with Gasteiger partial charge < -0.3 is 5.32 Å². The molecule has 0 saturated heterocycles. The molecule has 0 heterocycles. The topological polar surface area (TPSA) is 12.0 Å². The lowest BCUT2D eigenvalue weighted by Crippen LogP contribution is -2.19. The van der Waals surface area contributed by atoms with E-state index in [1.54, 1.807) is 0 Å². The quantitative estimate of drug-likeness (QED) is 0.583. The normalized spacial score (nSPS) is 11.7. The van der Waals surface area contributed by atoms with E-state index in [1.807, 2.05) is 6.92 Å². The third kappa shape index (κ3) is 4.18. The lowest BCUT2D eigenvalue weighted by Gasteiger charge is -2.13. The molecule has 0 unspecified atom stereocenters. The molecule has 15 heavy (non-hydrogen) atoms. The zero-order valence-corrected chi connectivity index (χ0v) is 9.80. The van der Waals surface area contributed by atoms with E-state index in [0.717, 1.165) is 13.0 Å². The maximum atomic E-state index is 3.45. The van der Waals surface area contributed by atoms with Gasteiger partial charge in [-0.05, 0) is 26.3 Å². The molecule has 0 fully saturated rings. The van der Waals surface area contributed by atoms with Crippen molar-refractivity contribution in [1.82, 2.24) is 5.32 Å². The number of aryl methyl sites for hydroxylation is 1. The summed E-state index contributed by atoms with van der Waals surface area (Å²) in [6.07, 6.45) is 0.923. The van der Waals surface area contributed by atoms with Gasteiger partial charge in [0.2, 0.25) is 0 Å². The van der Waals surface area contributed by atoms with Crippen molar-refractivity contribution >= 4 is 0 Å². The average molecular weight is 201 g/mol. The standard InChI is InChI=1S/C14H19N/c1-4-5-6-11-15-13(3)14-9-7-12(2)8-10-14/h7-10,13,15H,6,11H2,1-3H3/t13-/m1/s1. The van der Waals surface area contributed by atoms with Gasteiger partial charge in [0.1, 0.15) is 0 Å². The minimum atomic E-state index is 0.407. The largest absolute Gasteiger partial charge is 0.309 e. The molecule has 0 radical (unpaired) electrons. The van der Waals surface area contributed by atoms with Crippen LogP contribution >= 0.6 is 0 Å². The summed E-state index contributed by atoms with van der Waals surface area (Å²) >= 11 is 0. The first kappa shape index (κ1) is 11.8. The van der Waals surface area contributed by atoms with Crippen molar-refractivity contribution in [2.24, 2.45) is 0 Å². The Labute approximate surface area is 92.9 Å². The molecule has 1 aromatic rings. The molecule has 1 rings (SSSR count). The maximum Gasteiger partial charge on any atom is 0.0292 e. The molecule has 1 heteroatoms. The van der Waals surface area contributed by atoms with Gasteiger partial charge in [-0.1, -0.05) is 29.8 Å². The molecule has 1 aromatic carbocycles. The summed E-state index contributed by atoms with van der Waals surface area (Å²) in [5.41, 5.74) is 2.65. The molecule has 0 bridgehead atoms. The summed E-state index contributed by atoms with van der Waals surface area (Å²) in [6, 6.07) is 9.07. The first-order valence-corrected chi connectivity index (χ1v) is 5.43. The molecule has 1 nitrogen and oxygen atoms in total. The molecule has 0 aliphatic heterocycles. The molecule has 0 aliphatic carbocycles. The number of hydrogen-bond acceptors (Lipinski definition) is 1. The van der Waals surface area contributed by atoms with Gasteiger partial charge in [-0.15, -0.1) is 11.8 Å². The Kier molecular flexibility index (Phi) is 4.93. The van der Waals surface area contributed by atoms with Crippen molar-refractivity contribution in [2.75, 3.05) is 6.54 Å². The maximum absolute atomic E-state index is 3.45. The minimum absolute atomic E-state index is 0.407. The highest BCUT2D eigenvalue weighted by atomic mass is 14.9. The third-order valence-electron chi connectivity index (χ3n) is 2.45. The number of hydrogen-bond donors (Lipinski definition) is 1. The highest BCUT2D eigenvalue weighted by Gasteiger charge is 2.02. The number of benzene rings is 1.